The number of imide groups is 1. The summed E-state index contributed by atoms with van der Waals surface area (Å²) in [6.07, 6.45) is 10.7. The maximum Gasteiger partial charge on any atom is 0.496 e. The molecule has 8 aromatic rings. The van der Waals surface area contributed by atoms with E-state index in [9.17, 15) is 19.2 Å². The fourth-order valence-electron chi connectivity index (χ4n) is 9.20. The summed E-state index contributed by atoms with van der Waals surface area (Å²) in [4.78, 5) is 72.9. The molecule has 11 rings (SSSR count). The molecular weight excluding hydrogens is 1010 g/mol. The third kappa shape index (κ3) is 11.8. The van der Waals surface area contributed by atoms with Gasteiger partial charge in [0.15, 0.2) is 0 Å². The minimum absolute atomic E-state index is 0.0278. The van der Waals surface area contributed by atoms with Gasteiger partial charge in [-0.05, 0) is 93.5 Å². The second-order valence-corrected chi connectivity index (χ2v) is 22.1. The average molecular weight is 1080 g/mol. The number of aromatic amines is 1. The highest BCUT2D eigenvalue weighted by Gasteiger charge is 2.52. The van der Waals surface area contributed by atoms with Crippen LogP contribution in [-0.4, -0.2) is 129 Å². The van der Waals surface area contributed by atoms with Gasteiger partial charge in [-0.1, -0.05) is 24.3 Å². The first-order valence-corrected chi connectivity index (χ1v) is 25.9. The maximum atomic E-state index is 13.2. The summed E-state index contributed by atoms with van der Waals surface area (Å²) in [5.74, 6) is 0.837. The smallest absolute Gasteiger partial charge is 0.490 e. The van der Waals surface area contributed by atoms with Crippen molar-refractivity contribution in [3.8, 4) is 22.8 Å². The lowest BCUT2D eigenvalue weighted by Crippen LogP contribution is -2.41. The summed E-state index contributed by atoms with van der Waals surface area (Å²) in [7, 11) is 2.86. The quantitative estimate of drug-likeness (QED) is 0.0960. The molecule has 2 aromatic carbocycles. The van der Waals surface area contributed by atoms with Crippen molar-refractivity contribution in [2.75, 3.05) is 40.6 Å². The van der Waals surface area contributed by atoms with E-state index < -0.39 is 36.4 Å². The highest BCUT2D eigenvalue weighted by atomic mass is 16.7. The topological polar surface area (TPSA) is 230 Å². The Kier molecular flexibility index (Phi) is 15.6. The molecule has 6 aromatic heterocycles. The van der Waals surface area contributed by atoms with Gasteiger partial charge in [0.1, 0.15) is 35.9 Å². The number of carbonyl (C=O) groups is 4. The monoisotopic (exact) mass is 1080 g/mol. The molecule has 20 nitrogen and oxygen atoms in total. The van der Waals surface area contributed by atoms with Crippen molar-refractivity contribution in [1.82, 2.24) is 39.7 Å². The van der Waals surface area contributed by atoms with Crippen LogP contribution >= 0.6 is 0 Å². The van der Waals surface area contributed by atoms with Gasteiger partial charge >= 0.3 is 19.3 Å². The normalized spacial score (nSPS) is 15.3. The van der Waals surface area contributed by atoms with Crippen molar-refractivity contribution in [2.45, 2.75) is 105 Å². The molecule has 0 spiro atoms. The van der Waals surface area contributed by atoms with E-state index >= 15 is 0 Å². The Labute approximate surface area is 457 Å². The Balaban J connectivity index is 0.000000147. The number of hydrogen-bond acceptors (Lipinski definition) is 16. The number of pyridine rings is 4. The fourth-order valence-corrected chi connectivity index (χ4v) is 9.20. The lowest BCUT2D eigenvalue weighted by Gasteiger charge is -2.32. The van der Waals surface area contributed by atoms with Crippen LogP contribution in [0.4, 0.5) is 9.59 Å². The van der Waals surface area contributed by atoms with E-state index in [1.807, 2.05) is 70.3 Å². The van der Waals surface area contributed by atoms with Crippen LogP contribution in [0, 0.1) is 0 Å². The second-order valence-electron chi connectivity index (χ2n) is 22.1. The molecule has 1 saturated heterocycles. The van der Waals surface area contributed by atoms with E-state index in [-0.39, 0.29) is 23.7 Å². The van der Waals surface area contributed by atoms with Crippen LogP contribution in [0.25, 0.3) is 54.6 Å². The van der Waals surface area contributed by atoms with E-state index in [0.717, 1.165) is 65.3 Å². The Morgan fingerprint density at radius 3 is 1.96 bits per heavy atom. The van der Waals surface area contributed by atoms with Crippen LogP contribution < -0.4 is 20.3 Å². The molecule has 3 aliphatic rings. The van der Waals surface area contributed by atoms with Crippen molar-refractivity contribution in [3.05, 3.63) is 114 Å². The van der Waals surface area contributed by atoms with Gasteiger partial charge in [-0.25, -0.2) is 19.1 Å². The molecule has 0 aliphatic carbocycles. The van der Waals surface area contributed by atoms with E-state index in [2.05, 4.69) is 30.2 Å². The van der Waals surface area contributed by atoms with Gasteiger partial charge in [-0.2, -0.15) is 0 Å². The number of amides is 3. The number of aromatic nitrogens is 6. The van der Waals surface area contributed by atoms with Crippen LogP contribution in [0.15, 0.2) is 91.9 Å². The molecule has 0 saturated carbocycles. The third-order valence-electron chi connectivity index (χ3n) is 13.6. The molecule has 412 valence electrons. The summed E-state index contributed by atoms with van der Waals surface area (Å²) in [6, 6.07) is 15.2. The predicted octanol–water partition coefficient (Wildman–Crippen LogP) is 9.32. The summed E-state index contributed by atoms with van der Waals surface area (Å²) >= 11 is 0. The fraction of sp³-hybridized carbons (Fsp3) is 0.379. The molecule has 0 atom stereocenters. The SMILES string of the molecule is CC(C)(C)OC(=O)N1Cc2c(c3ccc4cnccc4c3n2C(=O)OC(C)(C)C)C1=O.COCCOc1cncc(-c2cc3c(ccc4c5c([nH]c43)CNC5=O)cn2)c1.COCCOc1cncc(B2OC(C)(C)C(C)(C)O2)c1. The molecule has 1 fully saturated rings. The van der Waals surface area contributed by atoms with Crippen molar-refractivity contribution in [2.24, 2.45) is 0 Å². The number of methoxy groups -OCH3 is 2. The number of H-pyrrole nitrogens is 1. The van der Waals surface area contributed by atoms with Crippen molar-refractivity contribution >= 4 is 79.9 Å². The number of benzene rings is 2. The number of hydrogen-bond donors (Lipinski definition) is 2. The summed E-state index contributed by atoms with van der Waals surface area (Å²) < 4.78 is 45.6. The van der Waals surface area contributed by atoms with Crippen molar-refractivity contribution in [3.63, 3.8) is 0 Å². The number of nitrogens with one attached hydrogen (secondary N) is 2. The Hall–Kier alpha value is -7.98. The van der Waals surface area contributed by atoms with Crippen LogP contribution in [0.1, 0.15) is 101 Å². The van der Waals surface area contributed by atoms with Gasteiger partial charge in [0.05, 0.1) is 83.4 Å². The lowest BCUT2D eigenvalue weighted by molar-refractivity contribution is 0.00578. The van der Waals surface area contributed by atoms with E-state index in [1.165, 1.54) is 4.57 Å². The molecule has 3 aliphatic heterocycles. The second kappa shape index (κ2) is 22.0. The van der Waals surface area contributed by atoms with Gasteiger partial charge in [0, 0.05) is 94.2 Å². The molecule has 0 unspecified atom stereocenters. The first-order valence-electron chi connectivity index (χ1n) is 25.9. The van der Waals surface area contributed by atoms with Gasteiger partial charge in [-0.15, -0.1) is 0 Å². The Morgan fingerprint density at radius 1 is 0.684 bits per heavy atom. The van der Waals surface area contributed by atoms with Gasteiger partial charge in [-0.3, -0.25) is 29.5 Å². The Morgan fingerprint density at radius 2 is 1.30 bits per heavy atom. The molecule has 0 radical (unpaired) electrons. The van der Waals surface area contributed by atoms with E-state index in [1.54, 1.807) is 105 Å². The molecule has 3 amide bonds. The largest absolute Gasteiger partial charge is 0.496 e. The summed E-state index contributed by atoms with van der Waals surface area (Å²) in [5.41, 5.74) is 4.23. The first kappa shape index (κ1) is 55.8. The van der Waals surface area contributed by atoms with Crippen LogP contribution in [0.5, 0.6) is 11.5 Å². The average Bonchev–Trinajstić information content (AvgIpc) is 4.26. The van der Waals surface area contributed by atoms with Crippen LogP contribution in [0.2, 0.25) is 0 Å². The number of fused-ring (bicyclic) bond motifs is 10. The van der Waals surface area contributed by atoms with Gasteiger partial charge in [0.25, 0.3) is 11.8 Å². The van der Waals surface area contributed by atoms with E-state index in [4.69, 9.17) is 37.7 Å². The number of rotatable bonds is 10. The minimum Gasteiger partial charge on any atom is -0.490 e. The summed E-state index contributed by atoms with van der Waals surface area (Å²) in [5, 5.41) is 8.00. The maximum absolute atomic E-state index is 13.2. The predicted molar refractivity (Wildman–Crippen MR) is 298 cm³/mol. The van der Waals surface area contributed by atoms with Gasteiger partial charge in [0.2, 0.25) is 0 Å². The number of nitrogens with zero attached hydrogens (tertiary/aromatic N) is 6. The number of carbonyl (C=O) groups excluding carboxylic acids is 4. The lowest BCUT2D eigenvalue weighted by atomic mass is 9.80. The zero-order valence-electron chi connectivity index (χ0n) is 46.6. The van der Waals surface area contributed by atoms with Crippen molar-refractivity contribution in [1.29, 1.82) is 0 Å². The molecule has 9 heterocycles. The highest BCUT2D eigenvalue weighted by molar-refractivity contribution is 6.62. The molecule has 0 bridgehead atoms. The molecule has 21 heteroatoms. The minimum atomic E-state index is -0.754. The van der Waals surface area contributed by atoms with E-state index in [0.29, 0.717) is 66.6 Å². The third-order valence-corrected chi connectivity index (χ3v) is 13.6. The molecule has 79 heavy (non-hydrogen) atoms. The number of ether oxygens (including phenoxy) is 6. The first-order chi connectivity index (χ1) is 37.5. The van der Waals surface area contributed by atoms with Crippen molar-refractivity contribution < 1.29 is 56.9 Å². The zero-order valence-corrected chi connectivity index (χ0v) is 46.6. The van der Waals surface area contributed by atoms with Gasteiger partial charge < -0.3 is 48.0 Å². The summed E-state index contributed by atoms with van der Waals surface area (Å²) in [6.45, 7) is 21.1. The standard InChI is InChI=1S/C23H25N3O5.C21H18N4O3.C14H22BNO4/c1-22(2,3)30-20(28)25-12-16-17(19(25)27)15-8-7-13-11-24-10-9-14(13)18(15)26(16)21(29)31-23(4,5)6;1-27-4-5-28-14-6-13(8-22-10-14)17-7-16-12(9-23-17)2-3-15-19-18(25-20(15)16)11-24-21(19)26;1-13(2)14(3,4)20-15(19-13)11-8-12(10-16-9-11)18-7-6-17-5/h7-11H,12H2,1-6H3;2-3,6-10,25H,4-5,11H2,1H3,(H,24,26);8-10H,6-7H2,1-5H3. The van der Waals surface area contributed by atoms with Crippen LogP contribution in [-0.2, 0) is 41.3 Å². The molecular formula is C58H65BN8O12. The van der Waals surface area contributed by atoms with Crippen LogP contribution in [0.3, 0.4) is 0 Å². The Bertz CT molecular complexity index is 3620. The highest BCUT2D eigenvalue weighted by Crippen LogP contribution is 2.40. The zero-order chi connectivity index (χ0) is 56.6. The molecule has 2 N–H and O–H groups in total.